The van der Waals surface area contributed by atoms with Gasteiger partial charge in [0.2, 0.25) is 0 Å². The maximum atomic E-state index is 5.97. The van der Waals surface area contributed by atoms with Crippen molar-refractivity contribution >= 4 is 43.5 Å². The Morgan fingerprint density at radius 1 is 1.28 bits per heavy atom. The third-order valence-corrected chi connectivity index (χ3v) is 6.95. The van der Waals surface area contributed by atoms with Gasteiger partial charge in [-0.05, 0) is 32.8 Å². The Bertz CT molecular complexity index is 962. The Hall–Kier alpha value is -1.24. The number of hydrogen-bond donors (Lipinski definition) is 0. The lowest BCUT2D eigenvalue weighted by Gasteiger charge is -2.30. The van der Waals surface area contributed by atoms with E-state index in [-0.39, 0.29) is 5.60 Å². The minimum atomic E-state index is -0.140. The number of thiophene rings is 1. The molecular weight excluding hydrogens is 350 g/mol. The topological polar surface area (TPSA) is 47.9 Å². The maximum Gasteiger partial charge on any atom is 0.127 e. The minimum absolute atomic E-state index is 0.140. The summed E-state index contributed by atoms with van der Waals surface area (Å²) >= 11 is 3.55. The summed E-state index contributed by atoms with van der Waals surface area (Å²) in [5.41, 5.74) is 3.26. The number of aryl methyl sites for hydroxylation is 1. The first kappa shape index (κ1) is 17.2. The van der Waals surface area contributed by atoms with E-state index < -0.39 is 0 Å². The van der Waals surface area contributed by atoms with Crippen LogP contribution in [0.1, 0.15) is 44.8 Å². The Morgan fingerprint density at radius 3 is 2.84 bits per heavy atom. The van der Waals surface area contributed by atoms with Crippen LogP contribution in [0.2, 0.25) is 0 Å². The molecule has 0 amide bonds. The summed E-state index contributed by atoms with van der Waals surface area (Å²) in [7, 11) is 0. The maximum absolute atomic E-state index is 5.97. The van der Waals surface area contributed by atoms with E-state index in [1.54, 1.807) is 11.3 Å². The number of nitrogens with zero attached hydrogens (tertiary/aromatic N) is 3. The zero-order valence-electron chi connectivity index (χ0n) is 15.3. The molecule has 132 valence electrons. The lowest BCUT2D eigenvalue weighted by atomic mass is 9.95. The van der Waals surface area contributed by atoms with E-state index in [2.05, 4.69) is 33.8 Å². The van der Waals surface area contributed by atoms with Gasteiger partial charge in [0.25, 0.3) is 0 Å². The van der Waals surface area contributed by atoms with Crippen LogP contribution in [0.15, 0.2) is 11.1 Å². The van der Waals surface area contributed by atoms with Crippen molar-refractivity contribution < 1.29 is 4.74 Å². The monoisotopic (exact) mass is 373 g/mol. The molecule has 4 nitrogen and oxygen atoms in total. The second-order valence-corrected chi connectivity index (χ2v) is 9.74. The van der Waals surface area contributed by atoms with E-state index >= 15 is 0 Å². The van der Waals surface area contributed by atoms with Gasteiger partial charge in [0.05, 0.1) is 28.1 Å². The molecule has 1 aliphatic rings. The first-order valence-electron chi connectivity index (χ1n) is 8.69. The molecule has 0 unspecified atom stereocenters. The summed E-state index contributed by atoms with van der Waals surface area (Å²) in [4.78, 5) is 15.5. The first-order valence-corrected chi connectivity index (χ1v) is 10.5. The van der Waals surface area contributed by atoms with Crippen LogP contribution >= 0.6 is 23.1 Å². The predicted octanol–water partition coefficient (Wildman–Crippen LogP) is 5.15. The molecular formula is C19H23N3OS2. The van der Waals surface area contributed by atoms with Crippen LogP contribution in [0, 0.1) is 12.8 Å². The summed E-state index contributed by atoms with van der Waals surface area (Å²) < 4.78 is 7.14. The van der Waals surface area contributed by atoms with Crippen molar-refractivity contribution in [3.63, 3.8) is 0 Å². The van der Waals surface area contributed by atoms with Crippen molar-refractivity contribution in [1.29, 1.82) is 0 Å². The molecule has 3 aromatic rings. The summed E-state index contributed by atoms with van der Waals surface area (Å²) in [6.45, 7) is 11.3. The van der Waals surface area contributed by atoms with E-state index in [0.717, 1.165) is 44.5 Å². The number of aromatic nitrogens is 3. The van der Waals surface area contributed by atoms with Crippen LogP contribution in [-0.2, 0) is 17.8 Å². The van der Waals surface area contributed by atoms with Crippen molar-refractivity contribution in [2.45, 2.75) is 58.3 Å². The lowest BCUT2D eigenvalue weighted by molar-refractivity contribution is -0.0411. The standard InChI is InChI=1S/C19H23N3OS2/c1-10(2)9-24-18-16-15(20-11(3)21-18)13-6-12-8-23-19(4,5)7-14(12)22-17(13)25-16/h6,10H,7-9H2,1-5H3. The number of thioether (sulfide) groups is 1. The third-order valence-electron chi connectivity index (χ3n) is 4.32. The van der Waals surface area contributed by atoms with E-state index in [1.165, 1.54) is 10.3 Å². The molecule has 3 aromatic heterocycles. The Labute approximate surface area is 156 Å². The molecule has 0 fully saturated rings. The molecule has 0 aromatic carbocycles. The zero-order chi connectivity index (χ0) is 17.8. The molecule has 0 aliphatic carbocycles. The fourth-order valence-electron chi connectivity index (χ4n) is 3.08. The Balaban J connectivity index is 1.88. The highest BCUT2D eigenvalue weighted by Gasteiger charge is 2.28. The summed E-state index contributed by atoms with van der Waals surface area (Å²) in [5, 5.41) is 2.23. The van der Waals surface area contributed by atoms with E-state index in [9.17, 15) is 0 Å². The SMILES string of the molecule is Cc1nc(SCC(C)C)c2sc3nc4c(cc3c2n1)COC(C)(C)C4. The van der Waals surface area contributed by atoms with Crippen molar-refractivity contribution in [2.75, 3.05) is 5.75 Å². The molecule has 6 heteroatoms. The molecule has 0 radical (unpaired) electrons. The first-order chi connectivity index (χ1) is 11.8. The molecule has 0 saturated carbocycles. The number of ether oxygens (including phenoxy) is 1. The number of hydrogen-bond acceptors (Lipinski definition) is 6. The van der Waals surface area contributed by atoms with Gasteiger partial charge >= 0.3 is 0 Å². The summed E-state index contributed by atoms with van der Waals surface area (Å²) in [5.74, 6) is 2.52. The summed E-state index contributed by atoms with van der Waals surface area (Å²) in [6, 6.07) is 2.23. The lowest BCUT2D eigenvalue weighted by Crippen LogP contribution is -2.32. The highest BCUT2D eigenvalue weighted by Crippen LogP contribution is 2.39. The van der Waals surface area contributed by atoms with Crippen LogP contribution < -0.4 is 0 Å². The van der Waals surface area contributed by atoms with Gasteiger partial charge in [-0.2, -0.15) is 0 Å². The number of fused-ring (bicyclic) bond motifs is 4. The largest absolute Gasteiger partial charge is 0.370 e. The molecule has 0 spiro atoms. The molecule has 25 heavy (non-hydrogen) atoms. The van der Waals surface area contributed by atoms with Crippen LogP contribution in [-0.4, -0.2) is 26.3 Å². The van der Waals surface area contributed by atoms with Gasteiger partial charge in [0.1, 0.15) is 15.7 Å². The molecule has 0 bridgehead atoms. The summed E-state index contributed by atoms with van der Waals surface area (Å²) in [6.07, 6.45) is 0.853. The van der Waals surface area contributed by atoms with Crippen molar-refractivity contribution in [1.82, 2.24) is 15.0 Å². The Kier molecular flexibility index (Phi) is 4.25. The van der Waals surface area contributed by atoms with Gasteiger partial charge in [-0.15, -0.1) is 23.1 Å². The van der Waals surface area contributed by atoms with Crippen LogP contribution in [0.3, 0.4) is 0 Å². The average Bonchev–Trinajstić information content (AvgIpc) is 2.87. The van der Waals surface area contributed by atoms with Crippen LogP contribution in [0.4, 0.5) is 0 Å². The van der Waals surface area contributed by atoms with Gasteiger partial charge in [-0.1, -0.05) is 13.8 Å². The van der Waals surface area contributed by atoms with E-state index in [0.29, 0.717) is 12.5 Å². The second-order valence-electron chi connectivity index (χ2n) is 7.73. The van der Waals surface area contributed by atoms with Crippen LogP contribution in [0.25, 0.3) is 20.4 Å². The van der Waals surface area contributed by atoms with Gasteiger partial charge in [-0.25, -0.2) is 15.0 Å². The molecule has 4 heterocycles. The van der Waals surface area contributed by atoms with Gasteiger partial charge in [0, 0.05) is 23.1 Å². The normalized spacial score (nSPS) is 16.7. The van der Waals surface area contributed by atoms with Crippen molar-refractivity contribution in [3.8, 4) is 0 Å². The average molecular weight is 374 g/mol. The molecule has 0 N–H and O–H groups in total. The van der Waals surface area contributed by atoms with E-state index in [1.807, 2.05) is 18.7 Å². The third kappa shape index (κ3) is 3.27. The van der Waals surface area contributed by atoms with Crippen LogP contribution in [0.5, 0.6) is 0 Å². The zero-order valence-corrected chi connectivity index (χ0v) is 17.0. The highest BCUT2D eigenvalue weighted by atomic mass is 32.2. The quantitative estimate of drug-likeness (QED) is 0.469. The van der Waals surface area contributed by atoms with E-state index in [4.69, 9.17) is 19.7 Å². The second kappa shape index (κ2) is 6.18. The van der Waals surface area contributed by atoms with Gasteiger partial charge < -0.3 is 4.74 Å². The fraction of sp³-hybridized carbons (Fsp3) is 0.526. The molecule has 1 aliphatic heterocycles. The molecule has 4 rings (SSSR count). The van der Waals surface area contributed by atoms with Gasteiger partial charge in [0.15, 0.2) is 0 Å². The number of rotatable bonds is 3. The van der Waals surface area contributed by atoms with Crippen molar-refractivity contribution in [3.05, 3.63) is 23.1 Å². The van der Waals surface area contributed by atoms with Gasteiger partial charge in [-0.3, -0.25) is 0 Å². The molecule has 0 saturated heterocycles. The van der Waals surface area contributed by atoms with Crippen molar-refractivity contribution in [2.24, 2.45) is 5.92 Å². The predicted molar refractivity (Wildman–Crippen MR) is 106 cm³/mol. The number of pyridine rings is 1. The minimum Gasteiger partial charge on any atom is -0.370 e. The fourth-order valence-corrected chi connectivity index (χ4v) is 5.30. The smallest absolute Gasteiger partial charge is 0.127 e. The molecule has 0 atom stereocenters. The highest BCUT2D eigenvalue weighted by molar-refractivity contribution is 7.99. The Morgan fingerprint density at radius 2 is 2.08 bits per heavy atom.